The summed E-state index contributed by atoms with van der Waals surface area (Å²) in [6, 6.07) is 1.67. The Labute approximate surface area is 151 Å². The number of aromatic nitrogens is 1. The van der Waals surface area contributed by atoms with Crippen molar-refractivity contribution in [3.63, 3.8) is 0 Å². The van der Waals surface area contributed by atoms with Gasteiger partial charge in [0.25, 0.3) is 11.8 Å². The molecule has 0 aliphatic carbocycles. The predicted molar refractivity (Wildman–Crippen MR) is 89.3 cm³/mol. The van der Waals surface area contributed by atoms with Gasteiger partial charge >= 0.3 is 6.09 Å². The fourth-order valence-electron chi connectivity index (χ4n) is 2.26. The Bertz CT molecular complexity index is 874. The van der Waals surface area contributed by atoms with Gasteiger partial charge in [-0.25, -0.2) is 18.0 Å². The highest BCUT2D eigenvalue weighted by Crippen LogP contribution is 2.33. The Morgan fingerprint density at radius 2 is 1.81 bits per heavy atom. The van der Waals surface area contributed by atoms with Crippen LogP contribution >= 0.6 is 0 Å². The fraction of sp³-hybridized carbons (Fsp3) is 0.188. The molecule has 2 aromatic rings. The van der Waals surface area contributed by atoms with Crippen LogP contribution in [-0.2, 0) is 4.79 Å². The maximum absolute atomic E-state index is 13.8. The number of rotatable bonds is 5. The summed E-state index contributed by atoms with van der Waals surface area (Å²) in [5.74, 6) is -4.80. The highest BCUT2D eigenvalue weighted by Gasteiger charge is 2.29. The van der Waals surface area contributed by atoms with Crippen molar-refractivity contribution in [3.05, 3.63) is 41.7 Å². The van der Waals surface area contributed by atoms with Gasteiger partial charge in [0.05, 0.1) is 18.5 Å². The number of nitrogens with one attached hydrogen (secondary N) is 1. The van der Waals surface area contributed by atoms with Gasteiger partial charge in [-0.05, 0) is 19.1 Å². The van der Waals surface area contributed by atoms with Gasteiger partial charge in [-0.15, -0.1) is 0 Å². The highest BCUT2D eigenvalue weighted by atomic mass is 19.1. The van der Waals surface area contributed by atoms with Gasteiger partial charge in [0.1, 0.15) is 17.7 Å². The van der Waals surface area contributed by atoms with Crippen LogP contribution < -0.4 is 20.7 Å². The van der Waals surface area contributed by atoms with Crippen molar-refractivity contribution in [1.82, 2.24) is 10.3 Å². The molecule has 27 heavy (non-hydrogen) atoms. The van der Waals surface area contributed by atoms with E-state index in [-0.39, 0.29) is 17.2 Å². The first-order chi connectivity index (χ1) is 12.6. The van der Waals surface area contributed by atoms with Crippen molar-refractivity contribution in [1.29, 1.82) is 0 Å². The third-order valence-electron chi connectivity index (χ3n) is 3.39. The van der Waals surface area contributed by atoms with Crippen LogP contribution in [0.2, 0.25) is 0 Å². The molecule has 2 amide bonds. The number of methoxy groups -OCH3 is 1. The molecule has 0 saturated carbocycles. The monoisotopic (exact) mass is 384 g/mol. The van der Waals surface area contributed by atoms with E-state index in [9.17, 15) is 22.8 Å². The minimum Gasteiger partial charge on any atom is -0.479 e. The van der Waals surface area contributed by atoms with Crippen molar-refractivity contribution in [2.24, 2.45) is 0 Å². The molecule has 0 aliphatic heterocycles. The van der Waals surface area contributed by atoms with E-state index in [0.717, 1.165) is 25.3 Å². The zero-order valence-corrected chi connectivity index (χ0v) is 14.2. The molecule has 1 aromatic heterocycles. The van der Waals surface area contributed by atoms with Crippen LogP contribution in [0, 0.1) is 17.5 Å². The van der Waals surface area contributed by atoms with Crippen molar-refractivity contribution in [2.45, 2.75) is 13.0 Å². The number of pyridine rings is 1. The number of halogens is 3. The molecule has 11 heteroatoms. The molecule has 0 aliphatic rings. The molecule has 0 saturated heterocycles. The summed E-state index contributed by atoms with van der Waals surface area (Å²) in [5.41, 5.74) is 5.05. The molecular weight excluding hydrogens is 369 g/mol. The zero-order valence-electron chi connectivity index (χ0n) is 14.2. The Morgan fingerprint density at radius 1 is 1.22 bits per heavy atom. The maximum Gasteiger partial charge on any atom is 0.405 e. The van der Waals surface area contributed by atoms with Gasteiger partial charge in [-0.2, -0.15) is 4.98 Å². The summed E-state index contributed by atoms with van der Waals surface area (Å²) in [7, 11) is 1.12. The standard InChI is InChI=1S/C16H15F3N4O4/c1-7(21-16(25)26)15(24)23(10-4-8(17)3-9(18)5-10)13-12(20)6-11(19)14(22-13)27-2/h3-7,21H,20H2,1-2H3,(H,25,26). The lowest BCUT2D eigenvalue weighted by Crippen LogP contribution is -2.45. The Hall–Kier alpha value is -3.50. The number of carbonyl (C=O) groups is 2. The van der Waals surface area contributed by atoms with Crippen LogP contribution in [0.1, 0.15) is 6.92 Å². The quantitative estimate of drug-likeness (QED) is 0.729. The average molecular weight is 384 g/mol. The molecule has 144 valence electrons. The van der Waals surface area contributed by atoms with E-state index in [0.29, 0.717) is 11.0 Å². The maximum atomic E-state index is 13.8. The molecule has 1 unspecified atom stereocenters. The zero-order chi connectivity index (χ0) is 20.3. The number of nitrogens with two attached hydrogens (primary N) is 1. The molecule has 0 radical (unpaired) electrons. The lowest BCUT2D eigenvalue weighted by atomic mass is 10.2. The Balaban J connectivity index is 2.66. The van der Waals surface area contributed by atoms with Crippen LogP contribution in [0.25, 0.3) is 0 Å². The van der Waals surface area contributed by atoms with Crippen molar-refractivity contribution >= 4 is 29.2 Å². The SMILES string of the molecule is COc1nc(N(C(=O)C(C)NC(=O)O)c2cc(F)cc(F)c2)c(N)cc1F. The number of hydrogen-bond donors (Lipinski definition) is 3. The van der Waals surface area contributed by atoms with Crippen LogP contribution in [0.4, 0.5) is 35.2 Å². The summed E-state index contributed by atoms with van der Waals surface area (Å²) in [6.07, 6.45) is -1.50. The Morgan fingerprint density at radius 3 is 2.33 bits per heavy atom. The topological polar surface area (TPSA) is 118 Å². The van der Waals surface area contributed by atoms with E-state index >= 15 is 0 Å². The second kappa shape index (κ2) is 7.81. The largest absolute Gasteiger partial charge is 0.479 e. The second-order valence-corrected chi connectivity index (χ2v) is 5.36. The number of amides is 2. The van der Waals surface area contributed by atoms with Gasteiger partial charge in [0.2, 0.25) is 0 Å². The van der Waals surface area contributed by atoms with Gasteiger partial charge < -0.3 is 20.9 Å². The van der Waals surface area contributed by atoms with E-state index in [4.69, 9.17) is 15.6 Å². The number of carboxylic acid groups (broad SMARTS) is 1. The van der Waals surface area contributed by atoms with Crippen LogP contribution in [-0.4, -0.2) is 35.2 Å². The number of nitrogens with zero attached hydrogens (tertiary/aromatic N) is 2. The number of anilines is 3. The second-order valence-electron chi connectivity index (χ2n) is 5.36. The van der Waals surface area contributed by atoms with Crippen molar-refractivity contribution in [2.75, 3.05) is 17.7 Å². The van der Waals surface area contributed by atoms with Crippen LogP contribution in [0.15, 0.2) is 24.3 Å². The molecule has 0 fully saturated rings. The number of nitrogen functional groups attached to an aromatic ring is 1. The van der Waals surface area contributed by atoms with Gasteiger partial charge in [0, 0.05) is 12.1 Å². The molecule has 0 spiro atoms. The molecule has 8 nitrogen and oxygen atoms in total. The first kappa shape index (κ1) is 19.8. The summed E-state index contributed by atoms with van der Waals surface area (Å²) >= 11 is 0. The summed E-state index contributed by atoms with van der Waals surface area (Å²) < 4.78 is 45.8. The highest BCUT2D eigenvalue weighted by molar-refractivity contribution is 6.05. The van der Waals surface area contributed by atoms with E-state index in [1.54, 1.807) is 0 Å². The number of carbonyl (C=O) groups excluding carboxylic acids is 1. The predicted octanol–water partition coefficient (Wildman–Crippen LogP) is 2.41. The smallest absolute Gasteiger partial charge is 0.405 e. The number of ether oxygens (including phenoxy) is 1. The number of benzene rings is 1. The minimum atomic E-state index is -1.50. The summed E-state index contributed by atoms with van der Waals surface area (Å²) in [5, 5.41) is 10.7. The molecule has 1 atom stereocenters. The molecule has 1 heterocycles. The summed E-state index contributed by atoms with van der Waals surface area (Å²) in [6.45, 7) is 1.20. The minimum absolute atomic E-state index is 0.329. The average Bonchev–Trinajstić information content (AvgIpc) is 2.55. The van der Waals surface area contributed by atoms with E-state index in [2.05, 4.69) is 4.98 Å². The van der Waals surface area contributed by atoms with Crippen LogP contribution in [0.5, 0.6) is 5.88 Å². The van der Waals surface area contributed by atoms with Gasteiger partial charge in [-0.3, -0.25) is 9.69 Å². The normalized spacial score (nSPS) is 11.6. The molecule has 2 rings (SSSR count). The molecule has 4 N–H and O–H groups in total. The lowest BCUT2D eigenvalue weighted by molar-refractivity contribution is -0.119. The van der Waals surface area contributed by atoms with Crippen molar-refractivity contribution < 1.29 is 32.6 Å². The summed E-state index contributed by atoms with van der Waals surface area (Å²) in [4.78, 5) is 28.0. The molecule has 0 bridgehead atoms. The molecule has 1 aromatic carbocycles. The third-order valence-corrected chi connectivity index (χ3v) is 3.39. The number of hydrogen-bond acceptors (Lipinski definition) is 5. The molecular formula is C16H15F3N4O4. The fourth-order valence-corrected chi connectivity index (χ4v) is 2.26. The lowest BCUT2D eigenvalue weighted by Gasteiger charge is -2.26. The van der Waals surface area contributed by atoms with E-state index < -0.39 is 41.4 Å². The van der Waals surface area contributed by atoms with Crippen molar-refractivity contribution in [3.8, 4) is 5.88 Å². The Kier molecular flexibility index (Phi) is 5.73. The third kappa shape index (κ3) is 4.37. The van der Waals surface area contributed by atoms with Gasteiger partial charge in [0.15, 0.2) is 11.6 Å². The van der Waals surface area contributed by atoms with Gasteiger partial charge in [-0.1, -0.05) is 0 Å². The first-order valence-corrected chi connectivity index (χ1v) is 7.43. The van der Waals surface area contributed by atoms with Crippen LogP contribution in [0.3, 0.4) is 0 Å². The van der Waals surface area contributed by atoms with E-state index in [1.165, 1.54) is 6.92 Å². The van der Waals surface area contributed by atoms with E-state index in [1.807, 2.05) is 5.32 Å². The first-order valence-electron chi connectivity index (χ1n) is 7.43.